The third kappa shape index (κ3) is 3.99. The van der Waals surface area contributed by atoms with E-state index in [1.54, 1.807) is 0 Å². The number of benzene rings is 1. The molecule has 1 fully saturated rings. The summed E-state index contributed by atoms with van der Waals surface area (Å²) in [5.74, 6) is -0.0897. The van der Waals surface area contributed by atoms with E-state index in [0.717, 1.165) is 54.9 Å². The molecule has 0 aliphatic heterocycles. The highest BCUT2D eigenvalue weighted by atomic mass is 19.4. The Hall–Kier alpha value is -2.55. The van der Waals surface area contributed by atoms with Gasteiger partial charge in [0.25, 0.3) is 11.2 Å². The molecule has 3 nitrogen and oxygen atoms in total. The zero-order valence-corrected chi connectivity index (χ0v) is 16.1. The number of aromatic nitrogens is 1. The summed E-state index contributed by atoms with van der Waals surface area (Å²) in [5.41, 5.74) is 0.554. The number of aryl methyl sites for hydroxylation is 2. The molecule has 2 aromatic rings. The number of hydrogen-bond donors (Lipinski definition) is 0. The quantitative estimate of drug-likeness (QED) is 0.581. The van der Waals surface area contributed by atoms with Crippen molar-refractivity contribution in [2.45, 2.75) is 64.6 Å². The minimum absolute atomic E-state index is 0.0897. The maximum absolute atomic E-state index is 13.5. The number of alkyl halides is 3. The van der Waals surface area contributed by atoms with E-state index in [4.69, 9.17) is 6.57 Å². The highest BCUT2D eigenvalue weighted by molar-refractivity contribution is 5.53. The van der Waals surface area contributed by atoms with Gasteiger partial charge in [0, 0.05) is 12.2 Å². The molecular weight excluding hydrogens is 365 g/mol. The fourth-order valence-electron chi connectivity index (χ4n) is 4.07. The van der Waals surface area contributed by atoms with Crippen LogP contribution in [0.25, 0.3) is 4.85 Å². The van der Waals surface area contributed by atoms with Gasteiger partial charge in [-0.05, 0) is 49.8 Å². The van der Waals surface area contributed by atoms with E-state index in [0.29, 0.717) is 5.69 Å². The van der Waals surface area contributed by atoms with Gasteiger partial charge < -0.3 is 4.57 Å². The summed E-state index contributed by atoms with van der Waals surface area (Å²) < 4.78 is 42.0. The molecule has 1 aromatic heterocycles. The maximum Gasteiger partial charge on any atom is 0.407 e. The normalized spacial score (nSPS) is 15.4. The molecule has 28 heavy (non-hydrogen) atoms. The van der Waals surface area contributed by atoms with E-state index in [2.05, 4.69) is 4.85 Å². The van der Waals surface area contributed by atoms with Crippen molar-refractivity contribution < 1.29 is 13.2 Å². The van der Waals surface area contributed by atoms with Gasteiger partial charge in [0.1, 0.15) is 0 Å². The predicted molar refractivity (Wildman–Crippen MR) is 103 cm³/mol. The van der Waals surface area contributed by atoms with Crippen LogP contribution < -0.4 is 5.56 Å². The SMILES string of the molecule is [C-]#[N+]c1c(C(F)(F)F)cc(C2CCCCC2)n(Cc2ccc(C)cc2C)c1=O. The van der Waals surface area contributed by atoms with Crippen LogP contribution in [0, 0.1) is 20.4 Å². The zero-order chi connectivity index (χ0) is 20.5. The van der Waals surface area contributed by atoms with Crippen LogP contribution >= 0.6 is 0 Å². The van der Waals surface area contributed by atoms with Gasteiger partial charge in [0.2, 0.25) is 0 Å². The largest absolute Gasteiger partial charge is 0.407 e. The van der Waals surface area contributed by atoms with Gasteiger partial charge in [0.05, 0.1) is 12.1 Å². The van der Waals surface area contributed by atoms with Crippen LogP contribution in [0.15, 0.2) is 29.1 Å². The summed E-state index contributed by atoms with van der Waals surface area (Å²) >= 11 is 0. The third-order valence-corrected chi connectivity index (χ3v) is 5.57. The lowest BCUT2D eigenvalue weighted by atomic mass is 9.85. The standard InChI is InChI=1S/C22H23F3N2O/c1-14-9-10-17(15(2)11-14)13-27-19(16-7-5-4-6-8-16)12-18(22(23,24)25)20(26-3)21(27)28/h9-12,16H,4-8,13H2,1-2H3. The van der Waals surface area contributed by atoms with Crippen LogP contribution in [0.2, 0.25) is 0 Å². The summed E-state index contributed by atoms with van der Waals surface area (Å²) in [6, 6.07) is 6.86. The first kappa shape index (κ1) is 20.2. The molecule has 1 aromatic carbocycles. The molecule has 1 saturated carbocycles. The molecule has 0 amide bonds. The van der Waals surface area contributed by atoms with Crippen molar-refractivity contribution in [3.63, 3.8) is 0 Å². The Kier molecular flexibility index (Phi) is 5.64. The summed E-state index contributed by atoms with van der Waals surface area (Å²) in [5, 5.41) is 0. The van der Waals surface area contributed by atoms with Crippen LogP contribution in [0.5, 0.6) is 0 Å². The van der Waals surface area contributed by atoms with E-state index in [9.17, 15) is 18.0 Å². The molecule has 0 saturated heterocycles. The van der Waals surface area contributed by atoms with Crippen LogP contribution in [0.3, 0.4) is 0 Å². The highest BCUT2D eigenvalue weighted by Gasteiger charge is 2.37. The van der Waals surface area contributed by atoms with Crippen molar-refractivity contribution in [2.24, 2.45) is 0 Å². The Morgan fingerprint density at radius 2 is 1.82 bits per heavy atom. The lowest BCUT2D eigenvalue weighted by Gasteiger charge is -2.27. The Labute approximate surface area is 162 Å². The number of rotatable bonds is 3. The summed E-state index contributed by atoms with van der Waals surface area (Å²) in [6.45, 7) is 11.2. The maximum atomic E-state index is 13.5. The lowest BCUT2D eigenvalue weighted by Crippen LogP contribution is -2.29. The fourth-order valence-corrected chi connectivity index (χ4v) is 4.07. The lowest BCUT2D eigenvalue weighted by molar-refractivity contribution is -0.137. The van der Waals surface area contributed by atoms with Gasteiger partial charge in [-0.25, -0.2) is 4.85 Å². The molecule has 0 spiro atoms. The summed E-state index contributed by atoms with van der Waals surface area (Å²) in [7, 11) is 0. The Morgan fingerprint density at radius 3 is 2.39 bits per heavy atom. The molecule has 0 radical (unpaired) electrons. The van der Waals surface area contributed by atoms with Crippen molar-refractivity contribution in [1.29, 1.82) is 0 Å². The van der Waals surface area contributed by atoms with E-state index in [1.807, 2.05) is 32.0 Å². The summed E-state index contributed by atoms with van der Waals surface area (Å²) in [4.78, 5) is 15.9. The second-order valence-electron chi connectivity index (χ2n) is 7.60. The van der Waals surface area contributed by atoms with Crippen LogP contribution in [-0.4, -0.2) is 4.57 Å². The molecule has 0 atom stereocenters. The van der Waals surface area contributed by atoms with E-state index >= 15 is 0 Å². The minimum atomic E-state index is -4.72. The van der Waals surface area contributed by atoms with Gasteiger partial charge in [0.15, 0.2) is 0 Å². The molecule has 0 unspecified atom stereocenters. The number of hydrogen-bond acceptors (Lipinski definition) is 1. The molecule has 6 heteroatoms. The topological polar surface area (TPSA) is 26.4 Å². The molecular formula is C22H23F3N2O. The average Bonchev–Trinajstić information content (AvgIpc) is 2.64. The monoisotopic (exact) mass is 388 g/mol. The van der Waals surface area contributed by atoms with Gasteiger partial charge in [-0.2, -0.15) is 13.2 Å². The second-order valence-corrected chi connectivity index (χ2v) is 7.60. The highest BCUT2D eigenvalue weighted by Crippen LogP contribution is 2.39. The van der Waals surface area contributed by atoms with Crippen molar-refractivity contribution in [3.8, 4) is 0 Å². The molecule has 0 bridgehead atoms. The molecule has 148 valence electrons. The van der Waals surface area contributed by atoms with Crippen molar-refractivity contribution >= 4 is 5.69 Å². The van der Waals surface area contributed by atoms with E-state index in [1.165, 1.54) is 4.57 Å². The third-order valence-electron chi connectivity index (χ3n) is 5.57. The van der Waals surface area contributed by atoms with Gasteiger partial charge >= 0.3 is 6.18 Å². The van der Waals surface area contributed by atoms with E-state index < -0.39 is 23.0 Å². The van der Waals surface area contributed by atoms with Crippen LogP contribution in [0.4, 0.5) is 18.9 Å². The van der Waals surface area contributed by atoms with Gasteiger partial charge in [-0.15, -0.1) is 0 Å². The average molecular weight is 388 g/mol. The number of pyridine rings is 1. The molecule has 3 rings (SSSR count). The van der Waals surface area contributed by atoms with Gasteiger partial charge in [-0.3, -0.25) is 4.79 Å². The predicted octanol–water partition coefficient (Wildman–Crippen LogP) is 6.13. The molecule has 0 N–H and O–H groups in total. The molecule has 1 aliphatic carbocycles. The smallest absolute Gasteiger partial charge is 0.317 e. The first-order chi connectivity index (χ1) is 13.2. The Balaban J connectivity index is 2.21. The molecule has 1 aliphatic rings. The van der Waals surface area contributed by atoms with Crippen molar-refractivity contribution in [2.75, 3.05) is 0 Å². The second kappa shape index (κ2) is 7.83. The van der Waals surface area contributed by atoms with Crippen molar-refractivity contribution in [3.05, 3.63) is 74.0 Å². The number of nitrogens with zero attached hydrogens (tertiary/aromatic N) is 2. The fraction of sp³-hybridized carbons (Fsp3) is 0.455. The summed E-state index contributed by atoms with van der Waals surface area (Å²) in [6.07, 6.45) is -0.254. The van der Waals surface area contributed by atoms with E-state index in [-0.39, 0.29) is 12.5 Å². The first-order valence-electron chi connectivity index (χ1n) is 9.51. The number of halogens is 3. The van der Waals surface area contributed by atoms with Crippen LogP contribution in [0.1, 0.15) is 66.0 Å². The first-order valence-corrected chi connectivity index (χ1v) is 9.51. The minimum Gasteiger partial charge on any atom is -0.317 e. The van der Waals surface area contributed by atoms with Crippen LogP contribution in [-0.2, 0) is 12.7 Å². The van der Waals surface area contributed by atoms with Gasteiger partial charge in [-0.1, -0.05) is 43.0 Å². The zero-order valence-electron chi connectivity index (χ0n) is 16.1. The molecule has 1 heterocycles. The van der Waals surface area contributed by atoms with Crippen molar-refractivity contribution in [1.82, 2.24) is 4.57 Å². The Morgan fingerprint density at radius 1 is 1.14 bits per heavy atom. The Bertz CT molecular complexity index is 977.